The number of hydrogen-bond donors (Lipinski definition) is 4. The first-order valence-electron chi connectivity index (χ1n) is 21.8. The Hall–Kier alpha value is -2.15. The van der Waals surface area contributed by atoms with Crippen molar-refractivity contribution >= 4 is 19.8 Å². The van der Waals surface area contributed by atoms with E-state index in [1.54, 1.807) is 6.08 Å². The minimum absolute atomic E-state index is 0.0373. The molecule has 0 aromatic rings. The summed E-state index contributed by atoms with van der Waals surface area (Å²) in [5.74, 6) is -1.08. The number of phosphoric acid groups is 1. The van der Waals surface area contributed by atoms with Crippen molar-refractivity contribution in [1.82, 2.24) is 0 Å². The average Bonchev–Trinajstić information content (AvgIpc) is 3.96. The average molecular weight is 829 g/mol. The summed E-state index contributed by atoms with van der Waals surface area (Å²) < 4.78 is 38.2. The van der Waals surface area contributed by atoms with E-state index in [9.17, 15) is 29.3 Å². The summed E-state index contributed by atoms with van der Waals surface area (Å²) in [6, 6.07) is 0. The number of allylic oxidation sites excluding steroid dienone is 4. The van der Waals surface area contributed by atoms with Gasteiger partial charge in [0.05, 0.1) is 32.0 Å². The van der Waals surface area contributed by atoms with Crippen molar-refractivity contribution in [3.8, 4) is 0 Å². The van der Waals surface area contributed by atoms with Crippen molar-refractivity contribution in [2.45, 2.75) is 192 Å². The van der Waals surface area contributed by atoms with E-state index >= 15 is 0 Å². The fraction of sp³-hybridized carbons (Fsp3) is 0.773. The quantitative estimate of drug-likeness (QED) is 0.0152. The molecule has 0 saturated carbocycles. The van der Waals surface area contributed by atoms with Crippen molar-refractivity contribution in [1.29, 1.82) is 0 Å². The molecule has 4 N–H and O–H groups in total. The predicted octanol–water partition coefficient (Wildman–Crippen LogP) is 9.29. The van der Waals surface area contributed by atoms with Crippen LogP contribution >= 0.6 is 7.82 Å². The number of unbranched alkanes of at least 4 members (excludes halogenated alkanes) is 15. The summed E-state index contributed by atoms with van der Waals surface area (Å²) in [5, 5.41) is 28.6. The number of esters is 2. The highest BCUT2D eigenvalue weighted by Crippen LogP contribution is 2.43. The van der Waals surface area contributed by atoms with Gasteiger partial charge in [-0.3, -0.25) is 18.6 Å². The van der Waals surface area contributed by atoms with Gasteiger partial charge in [0.25, 0.3) is 0 Å². The first-order chi connectivity index (χ1) is 27.6. The third-order valence-electron chi connectivity index (χ3n) is 9.39. The number of ether oxygens (including phenoxy) is 3. The standard InChI is InChI=1S/C44H77O12P/c1-3-5-7-9-11-12-13-14-15-16-17-18-19-21-26-30-43(48)52-36-40(37-54-57(50,51)53-35-39(47)34-45)55-44(49)31-27-23-22-24-28-38(46)32-33-42-41(56-42)29-25-20-10-8-6-4-2/h14-15,20,22,24-25,32-33,38-42,45-47H,3-13,16-19,21,23,26-31,34-37H2,1-2H3,(H,50,51)/b15-14-,24-22+,25-20+,33-32-. The first-order valence-corrected chi connectivity index (χ1v) is 23.3. The SMILES string of the molecule is CCCCC/C=C/CC1OC1/C=C\C(O)C/C=C/CCCC(=O)OC(COC(=O)CCCCCCC/C=C\CCCCCCCC)COP(=O)(O)OCC(O)CO. The third kappa shape index (κ3) is 33.4. The molecule has 57 heavy (non-hydrogen) atoms. The van der Waals surface area contributed by atoms with Crippen molar-refractivity contribution in [3.05, 3.63) is 48.6 Å². The lowest BCUT2D eigenvalue weighted by molar-refractivity contribution is -0.161. The molecule has 1 aliphatic rings. The van der Waals surface area contributed by atoms with E-state index in [-0.39, 0.29) is 31.7 Å². The molecule has 6 atom stereocenters. The molecule has 13 heteroatoms. The van der Waals surface area contributed by atoms with E-state index in [4.69, 9.17) is 23.8 Å². The second kappa shape index (κ2) is 35.8. The maximum absolute atomic E-state index is 12.6. The summed E-state index contributed by atoms with van der Waals surface area (Å²) in [6.07, 6.45) is 35.6. The van der Waals surface area contributed by atoms with Crippen LogP contribution in [0, 0.1) is 0 Å². The molecule has 0 aliphatic carbocycles. The lowest BCUT2D eigenvalue weighted by Gasteiger charge is -2.20. The highest BCUT2D eigenvalue weighted by atomic mass is 31.2. The zero-order valence-corrected chi connectivity index (χ0v) is 36.0. The first kappa shape index (κ1) is 52.9. The molecular formula is C44H77O12P. The van der Waals surface area contributed by atoms with Crippen LogP contribution in [-0.2, 0) is 37.4 Å². The molecule has 0 aromatic carbocycles. The van der Waals surface area contributed by atoms with E-state index in [2.05, 4.69) is 42.7 Å². The molecule has 0 spiro atoms. The Morgan fingerprint density at radius 3 is 1.91 bits per heavy atom. The Morgan fingerprint density at radius 2 is 1.23 bits per heavy atom. The van der Waals surface area contributed by atoms with E-state index in [1.807, 2.05) is 18.2 Å². The Morgan fingerprint density at radius 1 is 0.684 bits per heavy atom. The second-order valence-electron chi connectivity index (χ2n) is 14.9. The molecule has 0 bridgehead atoms. The van der Waals surface area contributed by atoms with Gasteiger partial charge in [-0.2, -0.15) is 0 Å². The normalized spacial score (nSPS) is 18.4. The number of rotatable bonds is 39. The van der Waals surface area contributed by atoms with E-state index < -0.39 is 57.9 Å². The van der Waals surface area contributed by atoms with Crippen LogP contribution in [0.3, 0.4) is 0 Å². The Bertz CT molecular complexity index is 1170. The molecule has 1 heterocycles. The van der Waals surface area contributed by atoms with Gasteiger partial charge in [0, 0.05) is 12.8 Å². The molecule has 1 aliphatic heterocycles. The third-order valence-corrected chi connectivity index (χ3v) is 10.3. The fourth-order valence-electron chi connectivity index (χ4n) is 5.82. The van der Waals surface area contributed by atoms with E-state index in [0.29, 0.717) is 25.7 Å². The summed E-state index contributed by atoms with van der Waals surface area (Å²) >= 11 is 0. The van der Waals surface area contributed by atoms with Gasteiger partial charge in [0.1, 0.15) is 18.8 Å². The van der Waals surface area contributed by atoms with Gasteiger partial charge in [-0.25, -0.2) is 4.57 Å². The Kier molecular flexibility index (Phi) is 33.2. The largest absolute Gasteiger partial charge is 0.472 e. The number of hydrogen-bond acceptors (Lipinski definition) is 11. The highest BCUT2D eigenvalue weighted by molar-refractivity contribution is 7.47. The second-order valence-corrected chi connectivity index (χ2v) is 16.4. The van der Waals surface area contributed by atoms with Crippen molar-refractivity contribution in [2.75, 3.05) is 26.4 Å². The summed E-state index contributed by atoms with van der Waals surface area (Å²) in [5.41, 5.74) is 0. The van der Waals surface area contributed by atoms with Gasteiger partial charge < -0.3 is 34.4 Å². The Balaban J connectivity index is 2.35. The van der Waals surface area contributed by atoms with Gasteiger partial charge in [-0.15, -0.1) is 0 Å². The minimum Gasteiger partial charge on any atom is -0.462 e. The molecule has 12 nitrogen and oxygen atoms in total. The predicted molar refractivity (Wildman–Crippen MR) is 224 cm³/mol. The molecule has 1 saturated heterocycles. The minimum atomic E-state index is -4.66. The topological polar surface area (TPSA) is 182 Å². The number of carbonyl (C=O) groups is 2. The van der Waals surface area contributed by atoms with Crippen LogP contribution in [0.25, 0.3) is 0 Å². The monoisotopic (exact) mass is 829 g/mol. The van der Waals surface area contributed by atoms with Crippen LogP contribution in [0.2, 0.25) is 0 Å². The van der Waals surface area contributed by atoms with Gasteiger partial charge in [-0.05, 0) is 70.6 Å². The summed E-state index contributed by atoms with van der Waals surface area (Å²) in [7, 11) is -4.66. The molecule has 0 aromatic heterocycles. The number of phosphoric ester groups is 1. The molecule has 330 valence electrons. The van der Waals surface area contributed by atoms with Gasteiger partial charge in [0.2, 0.25) is 0 Å². The lowest BCUT2D eigenvalue weighted by Crippen LogP contribution is -2.29. The maximum atomic E-state index is 12.6. The van der Waals surface area contributed by atoms with Crippen LogP contribution in [-0.4, -0.2) is 89.1 Å². The molecule has 0 amide bonds. The van der Waals surface area contributed by atoms with E-state index in [0.717, 1.165) is 51.4 Å². The molecule has 1 fully saturated rings. The lowest BCUT2D eigenvalue weighted by atomic mass is 10.1. The zero-order chi connectivity index (χ0) is 41.8. The maximum Gasteiger partial charge on any atom is 0.472 e. The zero-order valence-electron chi connectivity index (χ0n) is 35.1. The molecule has 6 unspecified atom stereocenters. The van der Waals surface area contributed by atoms with Crippen LogP contribution in [0.4, 0.5) is 0 Å². The van der Waals surface area contributed by atoms with Crippen LogP contribution in [0.5, 0.6) is 0 Å². The number of aliphatic hydroxyl groups excluding tert-OH is 3. The Labute approximate surface area is 343 Å². The number of epoxide rings is 1. The summed E-state index contributed by atoms with van der Waals surface area (Å²) in [6.45, 7) is 2.14. The van der Waals surface area contributed by atoms with E-state index in [1.165, 1.54) is 57.8 Å². The molecule has 1 rings (SSSR count). The van der Waals surface area contributed by atoms with Crippen molar-refractivity contribution in [3.63, 3.8) is 0 Å². The molecule has 0 radical (unpaired) electrons. The smallest absolute Gasteiger partial charge is 0.462 e. The summed E-state index contributed by atoms with van der Waals surface area (Å²) in [4.78, 5) is 35.0. The van der Waals surface area contributed by atoms with Crippen LogP contribution in [0.15, 0.2) is 48.6 Å². The molecular weight excluding hydrogens is 751 g/mol. The van der Waals surface area contributed by atoms with Gasteiger partial charge in [-0.1, -0.05) is 127 Å². The van der Waals surface area contributed by atoms with Crippen LogP contribution in [0.1, 0.15) is 162 Å². The number of carbonyl (C=O) groups excluding carboxylic acids is 2. The van der Waals surface area contributed by atoms with Crippen molar-refractivity contribution < 1.29 is 57.6 Å². The van der Waals surface area contributed by atoms with Gasteiger partial charge >= 0.3 is 19.8 Å². The van der Waals surface area contributed by atoms with Gasteiger partial charge in [0.15, 0.2) is 6.10 Å². The van der Waals surface area contributed by atoms with Crippen molar-refractivity contribution in [2.24, 2.45) is 0 Å². The highest BCUT2D eigenvalue weighted by Gasteiger charge is 2.35. The van der Waals surface area contributed by atoms with Crippen LogP contribution < -0.4 is 0 Å². The number of aliphatic hydroxyl groups is 3. The fourth-order valence-corrected chi connectivity index (χ4v) is 6.61.